The van der Waals surface area contributed by atoms with Gasteiger partial charge in [0.1, 0.15) is 5.69 Å². The van der Waals surface area contributed by atoms with Gasteiger partial charge in [0, 0.05) is 12.2 Å². The number of halogens is 2. The highest BCUT2D eigenvalue weighted by Gasteiger charge is 2.24. The first-order valence-corrected chi connectivity index (χ1v) is 7.70. The Morgan fingerprint density at radius 3 is 2.71 bits per heavy atom. The van der Waals surface area contributed by atoms with Crippen LogP contribution in [0.25, 0.3) is 11.5 Å². The molecule has 0 amide bonds. The van der Waals surface area contributed by atoms with E-state index in [1.165, 1.54) is 6.20 Å². The molecule has 2 unspecified atom stereocenters. The van der Waals surface area contributed by atoms with Crippen LogP contribution in [0.1, 0.15) is 39.0 Å². The summed E-state index contributed by atoms with van der Waals surface area (Å²) in [7, 11) is 0. The summed E-state index contributed by atoms with van der Waals surface area (Å²) in [4.78, 5) is 8.60. The number of hydrogen-bond donors (Lipinski definition) is 1. The summed E-state index contributed by atoms with van der Waals surface area (Å²) >= 11 is 12.0. The van der Waals surface area contributed by atoms with Gasteiger partial charge in [-0.15, -0.1) is 0 Å². The number of nitrogens with zero attached hydrogens (tertiary/aromatic N) is 3. The Labute approximate surface area is 134 Å². The molecular formula is C14H18Cl2N4O. The Morgan fingerprint density at radius 1 is 1.33 bits per heavy atom. The maximum absolute atomic E-state index is 6.12. The second kappa shape index (κ2) is 7.20. The van der Waals surface area contributed by atoms with Crippen LogP contribution >= 0.6 is 23.2 Å². The van der Waals surface area contributed by atoms with E-state index >= 15 is 0 Å². The van der Waals surface area contributed by atoms with Gasteiger partial charge in [0.15, 0.2) is 0 Å². The molecule has 2 heterocycles. The molecule has 21 heavy (non-hydrogen) atoms. The van der Waals surface area contributed by atoms with Gasteiger partial charge in [-0.1, -0.05) is 42.2 Å². The molecule has 0 radical (unpaired) electrons. The molecule has 7 heteroatoms. The zero-order chi connectivity index (χ0) is 15.4. The van der Waals surface area contributed by atoms with E-state index in [-0.39, 0.29) is 12.0 Å². The Bertz CT molecular complexity index is 602. The number of hydrogen-bond acceptors (Lipinski definition) is 5. The van der Waals surface area contributed by atoms with Gasteiger partial charge in [0.25, 0.3) is 0 Å². The molecule has 0 aromatic carbocycles. The molecule has 2 atom stereocenters. The van der Waals surface area contributed by atoms with Crippen LogP contribution in [0, 0.1) is 0 Å². The minimum atomic E-state index is 0.150. The number of nitrogens with one attached hydrogen (secondary N) is 1. The maximum Gasteiger partial charge on any atom is 0.231 e. The molecule has 0 fully saturated rings. The molecule has 0 aliphatic carbocycles. The monoisotopic (exact) mass is 328 g/mol. The lowest BCUT2D eigenvalue weighted by Crippen LogP contribution is -2.31. The van der Waals surface area contributed by atoms with Gasteiger partial charge in [0.05, 0.1) is 16.0 Å². The van der Waals surface area contributed by atoms with E-state index < -0.39 is 0 Å². The molecule has 2 aromatic rings. The molecule has 2 rings (SSSR count). The van der Waals surface area contributed by atoms with E-state index in [2.05, 4.69) is 41.2 Å². The average Bonchev–Trinajstić information content (AvgIpc) is 2.89. The first-order valence-electron chi connectivity index (χ1n) is 6.95. The minimum Gasteiger partial charge on any atom is -0.339 e. The van der Waals surface area contributed by atoms with E-state index in [1.54, 1.807) is 6.07 Å². The molecule has 0 saturated carbocycles. The number of aromatic nitrogens is 3. The van der Waals surface area contributed by atoms with Crippen molar-refractivity contribution in [1.82, 2.24) is 20.4 Å². The van der Waals surface area contributed by atoms with Crippen LogP contribution in [0.3, 0.4) is 0 Å². The summed E-state index contributed by atoms with van der Waals surface area (Å²) in [5, 5.41) is 8.24. The Hall–Kier alpha value is -1.17. The van der Waals surface area contributed by atoms with Crippen molar-refractivity contribution in [3.05, 3.63) is 28.2 Å². The molecule has 0 aliphatic heterocycles. The lowest BCUT2D eigenvalue weighted by molar-refractivity contribution is 0.318. The lowest BCUT2D eigenvalue weighted by Gasteiger charge is -2.19. The predicted octanol–water partition coefficient (Wildman–Crippen LogP) is 3.93. The largest absolute Gasteiger partial charge is 0.339 e. The quantitative estimate of drug-likeness (QED) is 0.870. The summed E-state index contributed by atoms with van der Waals surface area (Å²) in [5.41, 5.74) is 0.474. The Kier molecular flexibility index (Phi) is 5.56. The van der Waals surface area contributed by atoms with Crippen LogP contribution in [0.5, 0.6) is 0 Å². The average molecular weight is 329 g/mol. The third-order valence-electron chi connectivity index (χ3n) is 3.35. The van der Waals surface area contributed by atoms with E-state index in [1.807, 2.05) is 0 Å². The summed E-state index contributed by atoms with van der Waals surface area (Å²) in [6.45, 7) is 7.16. The second-order valence-electron chi connectivity index (χ2n) is 4.80. The van der Waals surface area contributed by atoms with Crippen LogP contribution in [-0.2, 0) is 0 Å². The maximum atomic E-state index is 6.12. The number of rotatable bonds is 6. The van der Waals surface area contributed by atoms with Crippen LogP contribution in [0.15, 0.2) is 16.8 Å². The Morgan fingerprint density at radius 2 is 2.10 bits per heavy atom. The molecule has 5 nitrogen and oxygen atoms in total. The normalized spacial score (nSPS) is 14.1. The third kappa shape index (κ3) is 3.73. The summed E-state index contributed by atoms with van der Waals surface area (Å²) < 4.78 is 5.39. The summed E-state index contributed by atoms with van der Waals surface area (Å²) in [5.74, 6) is 1.12. The number of pyridine rings is 1. The standard InChI is InChI=1S/C14H18Cl2N4O/c1-4-10(8(3)17-5-2)14-19-13(20-21-14)12-11(16)6-9(15)7-18-12/h6-8,10,17H,4-5H2,1-3H3. The van der Waals surface area contributed by atoms with Crippen molar-refractivity contribution in [2.45, 2.75) is 39.2 Å². The Balaban J connectivity index is 2.28. The van der Waals surface area contributed by atoms with Gasteiger partial charge < -0.3 is 9.84 Å². The minimum absolute atomic E-state index is 0.150. The van der Waals surface area contributed by atoms with Crippen molar-refractivity contribution in [3.63, 3.8) is 0 Å². The van der Waals surface area contributed by atoms with Crippen molar-refractivity contribution in [2.75, 3.05) is 6.54 Å². The van der Waals surface area contributed by atoms with E-state index in [0.717, 1.165) is 13.0 Å². The molecule has 1 N–H and O–H groups in total. The summed E-state index contributed by atoms with van der Waals surface area (Å²) in [6.07, 6.45) is 2.41. The molecule has 114 valence electrons. The van der Waals surface area contributed by atoms with Crippen molar-refractivity contribution in [1.29, 1.82) is 0 Å². The smallest absolute Gasteiger partial charge is 0.231 e. The highest BCUT2D eigenvalue weighted by atomic mass is 35.5. The molecule has 0 bridgehead atoms. The SMILES string of the molecule is CCNC(C)C(CC)c1nc(-c2ncc(Cl)cc2Cl)no1. The highest BCUT2D eigenvalue weighted by Crippen LogP contribution is 2.28. The first kappa shape index (κ1) is 16.2. The van der Waals surface area contributed by atoms with E-state index in [9.17, 15) is 0 Å². The molecule has 0 spiro atoms. The van der Waals surface area contributed by atoms with Gasteiger partial charge >= 0.3 is 0 Å². The van der Waals surface area contributed by atoms with Gasteiger partial charge in [-0.05, 0) is 26.0 Å². The fourth-order valence-electron chi connectivity index (χ4n) is 2.27. The third-order valence-corrected chi connectivity index (χ3v) is 3.84. The zero-order valence-electron chi connectivity index (χ0n) is 12.2. The lowest BCUT2D eigenvalue weighted by atomic mass is 9.98. The molecule has 2 aromatic heterocycles. The van der Waals surface area contributed by atoms with Gasteiger partial charge in [-0.3, -0.25) is 0 Å². The van der Waals surface area contributed by atoms with E-state index in [0.29, 0.717) is 27.5 Å². The fraction of sp³-hybridized carbons (Fsp3) is 0.500. The fourth-order valence-corrected chi connectivity index (χ4v) is 2.73. The van der Waals surface area contributed by atoms with Gasteiger partial charge in [-0.2, -0.15) is 4.98 Å². The van der Waals surface area contributed by atoms with Crippen molar-refractivity contribution in [3.8, 4) is 11.5 Å². The second-order valence-corrected chi connectivity index (χ2v) is 5.64. The number of likely N-dealkylation sites (N-methyl/N-ethyl adjacent to an activating group) is 1. The molecular weight excluding hydrogens is 311 g/mol. The first-order chi connectivity index (χ1) is 10.1. The van der Waals surface area contributed by atoms with E-state index in [4.69, 9.17) is 27.7 Å². The van der Waals surface area contributed by atoms with Crippen LogP contribution in [0.2, 0.25) is 10.0 Å². The molecule has 0 saturated heterocycles. The van der Waals surface area contributed by atoms with Crippen molar-refractivity contribution in [2.24, 2.45) is 0 Å². The van der Waals surface area contributed by atoms with Crippen LogP contribution < -0.4 is 5.32 Å². The predicted molar refractivity (Wildman–Crippen MR) is 83.7 cm³/mol. The van der Waals surface area contributed by atoms with Crippen LogP contribution in [-0.4, -0.2) is 27.7 Å². The molecule has 0 aliphatic rings. The van der Waals surface area contributed by atoms with Crippen molar-refractivity contribution >= 4 is 23.2 Å². The van der Waals surface area contributed by atoms with Crippen molar-refractivity contribution < 1.29 is 4.52 Å². The summed E-state index contributed by atoms with van der Waals surface area (Å²) in [6, 6.07) is 1.86. The topological polar surface area (TPSA) is 63.8 Å². The highest BCUT2D eigenvalue weighted by molar-refractivity contribution is 6.35. The van der Waals surface area contributed by atoms with Gasteiger partial charge in [-0.25, -0.2) is 4.98 Å². The zero-order valence-corrected chi connectivity index (χ0v) is 13.7. The van der Waals surface area contributed by atoms with Gasteiger partial charge in [0.2, 0.25) is 11.7 Å². The van der Waals surface area contributed by atoms with Crippen LogP contribution in [0.4, 0.5) is 0 Å².